The summed E-state index contributed by atoms with van der Waals surface area (Å²) in [5.41, 5.74) is 13.9. The van der Waals surface area contributed by atoms with Crippen molar-refractivity contribution in [3.8, 4) is 44.9 Å². The Labute approximate surface area is 298 Å². The van der Waals surface area contributed by atoms with Gasteiger partial charge in [-0.15, -0.1) is 0 Å². The molecule has 4 heteroatoms. The molecule has 4 nitrogen and oxygen atoms in total. The smallest absolute Gasteiger partial charge is 0.162 e. The molecule has 4 aromatic heterocycles. The second-order valence-electron chi connectivity index (χ2n) is 13.8. The summed E-state index contributed by atoms with van der Waals surface area (Å²) in [7, 11) is 0. The minimum atomic E-state index is 0.777. The average Bonchev–Trinajstić information content (AvgIpc) is 3.84. The molecule has 7 aromatic carbocycles. The van der Waals surface area contributed by atoms with Crippen LogP contribution in [-0.4, -0.2) is 19.1 Å². The molecule has 4 heterocycles. The number of fused-ring (bicyclic) bond motifs is 11. The fourth-order valence-corrected chi connectivity index (χ4v) is 8.87. The molecule has 0 radical (unpaired) electrons. The van der Waals surface area contributed by atoms with Crippen LogP contribution in [0.5, 0.6) is 0 Å². The van der Waals surface area contributed by atoms with E-state index in [-0.39, 0.29) is 0 Å². The topological polar surface area (TPSA) is 35.6 Å². The van der Waals surface area contributed by atoms with Gasteiger partial charge in [-0.1, -0.05) is 103 Å². The van der Waals surface area contributed by atoms with Gasteiger partial charge in [0.15, 0.2) is 5.65 Å². The first-order chi connectivity index (χ1) is 25.8. The normalized spacial score (nSPS) is 12.2. The molecule has 0 saturated carbocycles. The van der Waals surface area contributed by atoms with Crippen molar-refractivity contribution in [1.29, 1.82) is 0 Å². The van der Waals surface area contributed by atoms with E-state index < -0.39 is 0 Å². The highest BCUT2D eigenvalue weighted by atomic mass is 15.1. The fourth-order valence-electron chi connectivity index (χ4n) is 8.87. The average molecular weight is 661 g/mol. The van der Waals surface area contributed by atoms with Crippen LogP contribution in [-0.2, 0) is 0 Å². The van der Waals surface area contributed by atoms with E-state index in [0.717, 1.165) is 33.6 Å². The third kappa shape index (κ3) is 3.70. The summed E-state index contributed by atoms with van der Waals surface area (Å²) in [6.07, 6.45) is 1.88. The van der Waals surface area contributed by atoms with Crippen molar-refractivity contribution in [2.24, 2.45) is 0 Å². The molecule has 52 heavy (non-hydrogen) atoms. The van der Waals surface area contributed by atoms with Crippen molar-refractivity contribution in [1.82, 2.24) is 19.1 Å². The Morgan fingerprint density at radius 1 is 0.385 bits per heavy atom. The Morgan fingerprint density at radius 2 is 1.04 bits per heavy atom. The van der Waals surface area contributed by atoms with Gasteiger partial charge in [-0.2, -0.15) is 0 Å². The lowest BCUT2D eigenvalue weighted by Gasteiger charge is -2.11. The van der Waals surface area contributed by atoms with E-state index in [9.17, 15) is 0 Å². The molecular weight excluding hydrogens is 633 g/mol. The highest BCUT2D eigenvalue weighted by Crippen LogP contribution is 2.47. The van der Waals surface area contributed by atoms with Crippen molar-refractivity contribution in [3.05, 3.63) is 170 Å². The second kappa shape index (κ2) is 10.3. The summed E-state index contributed by atoms with van der Waals surface area (Å²) in [6, 6.07) is 59.4. The summed E-state index contributed by atoms with van der Waals surface area (Å²) in [5, 5.41) is 8.58. The number of para-hydroxylation sites is 2. The molecule has 240 valence electrons. The van der Waals surface area contributed by atoms with Crippen molar-refractivity contribution >= 4 is 65.4 Å². The highest BCUT2D eigenvalue weighted by molar-refractivity contribution is 6.22. The maximum absolute atomic E-state index is 5.21. The summed E-state index contributed by atoms with van der Waals surface area (Å²) < 4.78 is 4.71. The first kappa shape index (κ1) is 27.7. The molecule has 11 aromatic rings. The van der Waals surface area contributed by atoms with Crippen LogP contribution in [0.2, 0.25) is 0 Å². The van der Waals surface area contributed by atoms with Crippen molar-refractivity contribution in [2.45, 2.75) is 0 Å². The lowest BCUT2D eigenvalue weighted by atomic mass is 9.99. The van der Waals surface area contributed by atoms with Crippen molar-refractivity contribution in [3.63, 3.8) is 0 Å². The SMILES string of the molecule is c1ccc(-n2c3ccc(-c4ccc5c(c4)c4ccccc4n5-c4cc5c6c(ccnc6n4)-c4ccccc4-5)cc3c3c4ccccc4ccc32)cc1. The van der Waals surface area contributed by atoms with Crippen LogP contribution in [0, 0.1) is 0 Å². The number of hydrogen-bond donors (Lipinski definition) is 0. The van der Waals surface area contributed by atoms with Crippen LogP contribution in [0.25, 0.3) is 110 Å². The van der Waals surface area contributed by atoms with Gasteiger partial charge in [0.25, 0.3) is 0 Å². The molecule has 0 saturated heterocycles. The van der Waals surface area contributed by atoms with Gasteiger partial charge < -0.3 is 4.57 Å². The minimum absolute atomic E-state index is 0.777. The van der Waals surface area contributed by atoms with Gasteiger partial charge in [0, 0.05) is 38.8 Å². The van der Waals surface area contributed by atoms with Crippen molar-refractivity contribution in [2.75, 3.05) is 0 Å². The predicted molar refractivity (Wildman–Crippen MR) is 216 cm³/mol. The van der Waals surface area contributed by atoms with Crippen LogP contribution < -0.4 is 0 Å². The first-order valence-electron chi connectivity index (χ1n) is 17.7. The largest absolute Gasteiger partial charge is 0.309 e. The number of hydrogen-bond acceptors (Lipinski definition) is 2. The standard InChI is InChI=1S/C48H28N4/c1-2-11-32(12-3-1)51-43-22-20-31(27-40(43)46-33-13-5-4-10-29(33)18-23-44(46)51)30-19-21-42-38(26-30)36-16-8-9-17-41(36)52(42)45-28-39-35-15-7-6-14-34(35)37-24-25-49-48(50-45)47(37)39/h1-28H. The van der Waals surface area contributed by atoms with E-state index in [1.807, 2.05) is 6.20 Å². The Bertz CT molecular complexity index is 3290. The molecule has 1 aliphatic rings. The lowest BCUT2D eigenvalue weighted by Crippen LogP contribution is -1.99. The molecule has 0 unspecified atom stereocenters. The zero-order chi connectivity index (χ0) is 33.9. The Balaban J connectivity index is 1.09. The summed E-state index contributed by atoms with van der Waals surface area (Å²) in [4.78, 5) is 9.98. The van der Waals surface area contributed by atoms with Crippen molar-refractivity contribution < 1.29 is 0 Å². The van der Waals surface area contributed by atoms with Crippen LogP contribution >= 0.6 is 0 Å². The van der Waals surface area contributed by atoms with Gasteiger partial charge in [-0.25, -0.2) is 9.97 Å². The molecule has 0 fully saturated rings. The number of aromatic nitrogens is 4. The molecular formula is C48H28N4. The summed E-state index contributed by atoms with van der Waals surface area (Å²) in [5.74, 6) is 0.879. The molecule has 0 spiro atoms. The monoisotopic (exact) mass is 660 g/mol. The van der Waals surface area contributed by atoms with Crippen LogP contribution in [0.3, 0.4) is 0 Å². The number of benzene rings is 7. The van der Waals surface area contributed by atoms with E-state index in [4.69, 9.17) is 9.97 Å². The summed E-state index contributed by atoms with van der Waals surface area (Å²) >= 11 is 0. The Hall–Kier alpha value is -7.04. The Morgan fingerprint density at radius 3 is 1.88 bits per heavy atom. The number of pyridine rings is 2. The molecule has 1 aliphatic carbocycles. The predicted octanol–water partition coefficient (Wildman–Crippen LogP) is 12.3. The highest BCUT2D eigenvalue weighted by Gasteiger charge is 2.25. The molecule has 0 bridgehead atoms. The number of nitrogens with zero attached hydrogens (tertiary/aromatic N) is 4. The molecule has 12 rings (SSSR count). The third-order valence-corrected chi connectivity index (χ3v) is 11.1. The third-order valence-electron chi connectivity index (χ3n) is 11.1. The molecule has 0 amide bonds. The molecule has 0 N–H and O–H groups in total. The van der Waals surface area contributed by atoms with Crippen LogP contribution in [0.4, 0.5) is 0 Å². The van der Waals surface area contributed by atoms with Crippen LogP contribution in [0.15, 0.2) is 170 Å². The van der Waals surface area contributed by atoms with Crippen LogP contribution in [0.1, 0.15) is 0 Å². The van der Waals surface area contributed by atoms with Gasteiger partial charge in [-0.05, 0) is 105 Å². The maximum atomic E-state index is 5.21. The molecule has 0 aliphatic heterocycles. The quantitative estimate of drug-likeness (QED) is 0.189. The number of rotatable bonds is 3. The zero-order valence-electron chi connectivity index (χ0n) is 28.0. The Kier molecular flexibility index (Phi) is 5.47. The summed E-state index contributed by atoms with van der Waals surface area (Å²) in [6.45, 7) is 0. The van der Waals surface area contributed by atoms with Gasteiger partial charge in [0.2, 0.25) is 0 Å². The van der Waals surface area contributed by atoms with E-state index in [1.54, 1.807) is 0 Å². The fraction of sp³-hybridized carbons (Fsp3) is 0. The maximum Gasteiger partial charge on any atom is 0.162 e. The minimum Gasteiger partial charge on any atom is -0.309 e. The van der Waals surface area contributed by atoms with Gasteiger partial charge >= 0.3 is 0 Å². The van der Waals surface area contributed by atoms with E-state index >= 15 is 0 Å². The van der Waals surface area contributed by atoms with Gasteiger partial charge in [0.05, 0.1) is 22.1 Å². The van der Waals surface area contributed by atoms with E-state index in [0.29, 0.717) is 0 Å². The van der Waals surface area contributed by atoms with E-state index in [1.165, 1.54) is 76.7 Å². The zero-order valence-corrected chi connectivity index (χ0v) is 28.0. The second-order valence-corrected chi connectivity index (χ2v) is 13.8. The lowest BCUT2D eigenvalue weighted by molar-refractivity contribution is 1.09. The van der Waals surface area contributed by atoms with E-state index in [2.05, 4.69) is 173 Å². The van der Waals surface area contributed by atoms with Gasteiger partial charge in [-0.3, -0.25) is 4.57 Å². The van der Waals surface area contributed by atoms with Gasteiger partial charge in [0.1, 0.15) is 5.82 Å². The first-order valence-corrected chi connectivity index (χ1v) is 17.7. The molecule has 0 atom stereocenters.